The number of ketones is 1. The molecule has 0 N–H and O–H groups in total. The van der Waals surface area contributed by atoms with Gasteiger partial charge in [-0.15, -0.1) is 0 Å². The number of Topliss-reactive ketones (excluding diaryl/α,β-unsaturated/α-hetero) is 1. The third-order valence-corrected chi connectivity index (χ3v) is 5.72. The van der Waals surface area contributed by atoms with Gasteiger partial charge in [0.2, 0.25) is 0 Å². The highest BCUT2D eigenvalue weighted by molar-refractivity contribution is 7.99. The summed E-state index contributed by atoms with van der Waals surface area (Å²) in [5.41, 5.74) is 2.94. The van der Waals surface area contributed by atoms with Crippen LogP contribution in [0.5, 0.6) is 0 Å². The summed E-state index contributed by atoms with van der Waals surface area (Å²) in [6.07, 6.45) is 4.29. The lowest BCUT2D eigenvalue weighted by Gasteiger charge is -2.16. The Morgan fingerprint density at radius 3 is 2.56 bits per heavy atom. The Morgan fingerprint density at radius 1 is 1.11 bits per heavy atom. The van der Waals surface area contributed by atoms with Crippen LogP contribution in [0.2, 0.25) is 0 Å². The van der Waals surface area contributed by atoms with E-state index >= 15 is 0 Å². The second-order valence-corrected chi connectivity index (χ2v) is 7.56. The second-order valence-electron chi connectivity index (χ2n) is 6.62. The molecule has 138 valence electrons. The standard InChI is InChI=1S/C22H22N2O2S/c25-21(18-10-5-2-6-11-18)16-27-22-23-14-20(17-8-3-1-4-9-17)24(22)15-19-12-7-13-26-19/h1-6,8-11,14,19H,7,12-13,15-16H2/t19-/m1/s1. The highest BCUT2D eigenvalue weighted by Crippen LogP contribution is 2.28. The van der Waals surface area contributed by atoms with Crippen LogP contribution in [0.15, 0.2) is 72.0 Å². The minimum atomic E-state index is 0.119. The quantitative estimate of drug-likeness (QED) is 0.441. The highest BCUT2D eigenvalue weighted by Gasteiger charge is 2.21. The van der Waals surface area contributed by atoms with Crippen LogP contribution in [-0.4, -0.2) is 33.8 Å². The number of nitrogens with zero attached hydrogens (tertiary/aromatic N) is 2. The molecule has 27 heavy (non-hydrogen) atoms. The molecule has 0 radical (unpaired) electrons. The number of ether oxygens (including phenoxy) is 1. The Labute approximate surface area is 163 Å². The fourth-order valence-corrected chi connectivity index (χ4v) is 4.20. The predicted octanol–water partition coefficient (Wildman–Crippen LogP) is 4.70. The van der Waals surface area contributed by atoms with E-state index in [4.69, 9.17) is 4.74 Å². The molecule has 0 bridgehead atoms. The highest BCUT2D eigenvalue weighted by atomic mass is 32.2. The summed E-state index contributed by atoms with van der Waals surface area (Å²) in [4.78, 5) is 17.1. The van der Waals surface area contributed by atoms with Crippen molar-refractivity contribution in [2.24, 2.45) is 0 Å². The maximum atomic E-state index is 12.5. The van der Waals surface area contributed by atoms with E-state index in [9.17, 15) is 4.79 Å². The Kier molecular flexibility index (Phi) is 5.70. The first-order chi connectivity index (χ1) is 13.3. The molecule has 0 saturated carbocycles. The minimum absolute atomic E-state index is 0.119. The third kappa shape index (κ3) is 4.31. The van der Waals surface area contributed by atoms with Crippen LogP contribution in [0.25, 0.3) is 11.3 Å². The van der Waals surface area contributed by atoms with E-state index in [1.165, 1.54) is 11.8 Å². The van der Waals surface area contributed by atoms with Crippen LogP contribution in [0.3, 0.4) is 0 Å². The molecular formula is C22H22N2O2S. The van der Waals surface area contributed by atoms with Crippen LogP contribution >= 0.6 is 11.8 Å². The van der Waals surface area contributed by atoms with Gasteiger partial charge in [0.15, 0.2) is 10.9 Å². The SMILES string of the molecule is O=C(CSc1ncc(-c2ccccc2)n1C[C@H]1CCCO1)c1ccccc1. The van der Waals surface area contributed by atoms with Gasteiger partial charge in [0.05, 0.1) is 30.3 Å². The molecule has 2 heterocycles. The average Bonchev–Trinajstić information content (AvgIpc) is 3.38. The van der Waals surface area contributed by atoms with Crippen LogP contribution in [0.1, 0.15) is 23.2 Å². The van der Waals surface area contributed by atoms with Crippen LogP contribution in [-0.2, 0) is 11.3 Å². The summed E-state index contributed by atoms with van der Waals surface area (Å²) < 4.78 is 8.04. The van der Waals surface area contributed by atoms with Crippen LogP contribution < -0.4 is 0 Å². The molecule has 1 aromatic heterocycles. The number of imidazole rings is 1. The zero-order valence-corrected chi connectivity index (χ0v) is 15.9. The van der Waals surface area contributed by atoms with E-state index in [2.05, 4.69) is 21.7 Å². The van der Waals surface area contributed by atoms with E-state index in [-0.39, 0.29) is 11.9 Å². The lowest BCUT2D eigenvalue weighted by atomic mass is 10.1. The Hall–Kier alpha value is -2.37. The van der Waals surface area contributed by atoms with Crippen LogP contribution in [0.4, 0.5) is 0 Å². The predicted molar refractivity (Wildman–Crippen MR) is 108 cm³/mol. The van der Waals surface area contributed by atoms with Gasteiger partial charge in [0.1, 0.15) is 0 Å². The number of hydrogen-bond acceptors (Lipinski definition) is 4. The topological polar surface area (TPSA) is 44.1 Å². The monoisotopic (exact) mass is 378 g/mol. The van der Waals surface area contributed by atoms with Crippen molar-refractivity contribution in [2.75, 3.05) is 12.4 Å². The number of rotatable bonds is 7. The minimum Gasteiger partial charge on any atom is -0.376 e. The molecule has 1 fully saturated rings. The van der Waals surface area contributed by atoms with Crippen molar-refractivity contribution in [1.29, 1.82) is 0 Å². The maximum absolute atomic E-state index is 12.5. The molecule has 0 spiro atoms. The van der Waals surface area contributed by atoms with Crippen molar-refractivity contribution >= 4 is 17.5 Å². The molecule has 1 atom stereocenters. The first kappa shape index (κ1) is 18.0. The Morgan fingerprint density at radius 2 is 1.85 bits per heavy atom. The normalized spacial score (nSPS) is 16.5. The summed E-state index contributed by atoms with van der Waals surface area (Å²) in [5.74, 6) is 0.495. The van der Waals surface area contributed by atoms with Gasteiger partial charge in [0.25, 0.3) is 0 Å². The Balaban J connectivity index is 1.56. The van der Waals surface area contributed by atoms with Gasteiger partial charge in [-0.25, -0.2) is 4.98 Å². The summed E-state index contributed by atoms with van der Waals surface area (Å²) in [6, 6.07) is 19.7. The number of aromatic nitrogens is 2. The lowest BCUT2D eigenvalue weighted by Crippen LogP contribution is -2.17. The smallest absolute Gasteiger partial charge is 0.173 e. The van der Waals surface area contributed by atoms with Gasteiger partial charge >= 0.3 is 0 Å². The molecule has 0 unspecified atom stereocenters. The first-order valence-corrected chi connectivity index (χ1v) is 10.2. The van der Waals surface area contributed by atoms with Gasteiger partial charge in [-0.3, -0.25) is 4.79 Å². The van der Waals surface area contributed by atoms with Crippen molar-refractivity contribution in [1.82, 2.24) is 9.55 Å². The molecule has 2 aromatic carbocycles. The van der Waals surface area contributed by atoms with Gasteiger partial charge < -0.3 is 9.30 Å². The molecule has 4 rings (SSSR count). The molecule has 1 saturated heterocycles. The van der Waals surface area contributed by atoms with Crippen molar-refractivity contribution in [2.45, 2.75) is 30.6 Å². The van der Waals surface area contributed by atoms with Crippen molar-refractivity contribution in [3.05, 3.63) is 72.4 Å². The first-order valence-electron chi connectivity index (χ1n) is 9.25. The van der Waals surface area contributed by atoms with Gasteiger partial charge in [0, 0.05) is 12.2 Å². The number of carbonyl (C=O) groups is 1. The maximum Gasteiger partial charge on any atom is 0.173 e. The van der Waals surface area contributed by atoms with Crippen molar-refractivity contribution in [3.63, 3.8) is 0 Å². The second kappa shape index (κ2) is 8.55. The fourth-order valence-electron chi connectivity index (χ4n) is 3.32. The molecule has 4 nitrogen and oxygen atoms in total. The average molecular weight is 378 g/mol. The molecule has 0 aliphatic carbocycles. The summed E-state index contributed by atoms with van der Waals surface area (Å²) >= 11 is 1.50. The van der Waals surface area contributed by atoms with Crippen molar-refractivity contribution < 1.29 is 9.53 Å². The molecule has 1 aliphatic heterocycles. The number of thioether (sulfide) groups is 1. The number of benzene rings is 2. The zero-order chi connectivity index (χ0) is 18.5. The van der Waals surface area contributed by atoms with E-state index in [0.29, 0.717) is 5.75 Å². The van der Waals surface area contributed by atoms with E-state index in [0.717, 1.165) is 48.0 Å². The largest absolute Gasteiger partial charge is 0.376 e. The summed E-state index contributed by atoms with van der Waals surface area (Å²) in [5, 5.41) is 0.869. The van der Waals surface area contributed by atoms with Gasteiger partial charge in [-0.05, 0) is 18.4 Å². The summed E-state index contributed by atoms with van der Waals surface area (Å²) in [7, 11) is 0. The molecule has 1 aliphatic rings. The third-order valence-electron chi connectivity index (χ3n) is 4.73. The van der Waals surface area contributed by atoms with E-state index in [1.54, 1.807) is 0 Å². The number of hydrogen-bond donors (Lipinski definition) is 0. The number of carbonyl (C=O) groups excluding carboxylic acids is 1. The summed E-state index contributed by atoms with van der Waals surface area (Å²) in [6.45, 7) is 1.60. The van der Waals surface area contributed by atoms with Gasteiger partial charge in [-0.1, -0.05) is 72.4 Å². The van der Waals surface area contributed by atoms with Gasteiger partial charge in [-0.2, -0.15) is 0 Å². The van der Waals surface area contributed by atoms with E-state index < -0.39 is 0 Å². The molecule has 0 amide bonds. The van der Waals surface area contributed by atoms with E-state index in [1.807, 2.05) is 54.7 Å². The molecular weight excluding hydrogens is 356 g/mol. The fraction of sp³-hybridized carbons (Fsp3) is 0.273. The van der Waals surface area contributed by atoms with Crippen molar-refractivity contribution in [3.8, 4) is 11.3 Å². The lowest BCUT2D eigenvalue weighted by molar-refractivity contribution is 0.0954. The van der Waals surface area contributed by atoms with Crippen LogP contribution in [0, 0.1) is 0 Å². The zero-order valence-electron chi connectivity index (χ0n) is 15.1. The molecule has 5 heteroatoms. The Bertz CT molecular complexity index is 887. The molecule has 3 aromatic rings.